The fourth-order valence-corrected chi connectivity index (χ4v) is 2.99. The van der Waals surface area contributed by atoms with Crippen molar-refractivity contribution in [2.75, 3.05) is 0 Å². The van der Waals surface area contributed by atoms with Crippen LogP contribution >= 0.6 is 0 Å². The van der Waals surface area contributed by atoms with Crippen molar-refractivity contribution in [3.8, 4) is 0 Å². The van der Waals surface area contributed by atoms with Crippen LogP contribution in [0.15, 0.2) is 41.6 Å². The molecule has 0 fully saturated rings. The molecule has 0 bridgehead atoms. The molecule has 108 valence electrons. The molecule has 7 heteroatoms. The van der Waals surface area contributed by atoms with Gasteiger partial charge in [-0.05, 0) is 12.5 Å². The molecule has 20 heavy (non-hydrogen) atoms. The van der Waals surface area contributed by atoms with Crippen LogP contribution in [0.1, 0.15) is 18.1 Å². The highest BCUT2D eigenvalue weighted by Gasteiger charge is 2.19. The molecule has 1 heterocycles. The van der Waals surface area contributed by atoms with Crippen LogP contribution in [0.3, 0.4) is 0 Å². The molecule has 2 rings (SSSR count). The first kappa shape index (κ1) is 14.7. The standard InChI is InChI=1S/C13H18N4O2S/c1-2-17-13(20(14,18)19)12(10-16-17)9-15-8-11-6-4-3-5-7-11/h3-7,10,15H,2,8-9H2,1H3,(H2,14,18,19). The summed E-state index contributed by atoms with van der Waals surface area (Å²) in [6, 6.07) is 9.88. The Labute approximate surface area is 118 Å². The van der Waals surface area contributed by atoms with Crippen molar-refractivity contribution in [2.24, 2.45) is 5.14 Å². The highest BCUT2D eigenvalue weighted by atomic mass is 32.2. The Morgan fingerprint density at radius 1 is 1.25 bits per heavy atom. The van der Waals surface area contributed by atoms with Crippen molar-refractivity contribution in [1.82, 2.24) is 15.1 Å². The van der Waals surface area contributed by atoms with Gasteiger partial charge in [0.2, 0.25) is 0 Å². The number of rotatable bonds is 6. The number of aromatic nitrogens is 2. The summed E-state index contributed by atoms with van der Waals surface area (Å²) in [5.41, 5.74) is 1.72. The number of primary sulfonamides is 1. The Balaban J connectivity index is 2.09. The van der Waals surface area contributed by atoms with E-state index in [0.717, 1.165) is 5.56 Å². The minimum Gasteiger partial charge on any atom is -0.308 e. The van der Waals surface area contributed by atoms with Crippen LogP contribution in [-0.2, 0) is 29.7 Å². The fourth-order valence-electron chi connectivity index (χ4n) is 2.03. The van der Waals surface area contributed by atoms with E-state index < -0.39 is 10.0 Å². The zero-order chi connectivity index (χ0) is 14.6. The van der Waals surface area contributed by atoms with Gasteiger partial charge in [0.15, 0.2) is 5.03 Å². The van der Waals surface area contributed by atoms with Gasteiger partial charge in [-0.1, -0.05) is 30.3 Å². The highest BCUT2D eigenvalue weighted by Crippen LogP contribution is 2.14. The fraction of sp³-hybridized carbons (Fsp3) is 0.308. The molecule has 0 amide bonds. The van der Waals surface area contributed by atoms with Gasteiger partial charge in [0.25, 0.3) is 10.0 Å². The summed E-state index contributed by atoms with van der Waals surface area (Å²) in [5.74, 6) is 0. The maximum atomic E-state index is 11.6. The van der Waals surface area contributed by atoms with E-state index in [1.807, 2.05) is 37.3 Å². The van der Waals surface area contributed by atoms with Crippen molar-refractivity contribution in [2.45, 2.75) is 31.6 Å². The average Bonchev–Trinajstić information content (AvgIpc) is 2.83. The monoisotopic (exact) mass is 294 g/mol. The largest absolute Gasteiger partial charge is 0.308 e. The van der Waals surface area contributed by atoms with Crippen molar-refractivity contribution in [3.05, 3.63) is 47.7 Å². The molecule has 6 nitrogen and oxygen atoms in total. The van der Waals surface area contributed by atoms with Gasteiger partial charge < -0.3 is 5.32 Å². The molecule has 0 unspecified atom stereocenters. The molecule has 0 saturated carbocycles. The number of nitrogens with one attached hydrogen (secondary N) is 1. The van der Waals surface area contributed by atoms with Crippen LogP contribution in [-0.4, -0.2) is 18.2 Å². The normalized spacial score (nSPS) is 11.7. The second-order valence-electron chi connectivity index (χ2n) is 4.42. The van der Waals surface area contributed by atoms with Crippen LogP contribution in [0.5, 0.6) is 0 Å². The maximum Gasteiger partial charge on any atom is 0.255 e. The molecule has 0 aliphatic rings. The number of nitrogens with two attached hydrogens (primary N) is 1. The van der Waals surface area contributed by atoms with Crippen LogP contribution in [0.2, 0.25) is 0 Å². The minimum atomic E-state index is -3.77. The van der Waals surface area contributed by atoms with Gasteiger partial charge in [-0.3, -0.25) is 4.68 Å². The third-order valence-corrected chi connectivity index (χ3v) is 3.93. The van der Waals surface area contributed by atoms with Gasteiger partial charge in [0, 0.05) is 25.2 Å². The molecule has 0 aliphatic carbocycles. The number of hydrogen-bond acceptors (Lipinski definition) is 4. The van der Waals surface area contributed by atoms with Crippen molar-refractivity contribution in [1.29, 1.82) is 0 Å². The topological polar surface area (TPSA) is 90.0 Å². The van der Waals surface area contributed by atoms with E-state index in [9.17, 15) is 8.42 Å². The summed E-state index contributed by atoms with van der Waals surface area (Å²) in [4.78, 5) is 0. The third-order valence-electron chi connectivity index (χ3n) is 2.92. The quantitative estimate of drug-likeness (QED) is 0.826. The van der Waals surface area contributed by atoms with Gasteiger partial charge in [0.05, 0.1) is 6.20 Å². The molecule has 1 aromatic heterocycles. The first-order valence-electron chi connectivity index (χ1n) is 6.34. The summed E-state index contributed by atoms with van der Waals surface area (Å²) in [7, 11) is -3.77. The first-order valence-corrected chi connectivity index (χ1v) is 7.89. The molecule has 0 spiro atoms. The van der Waals surface area contributed by atoms with E-state index in [0.29, 0.717) is 25.2 Å². The van der Waals surface area contributed by atoms with Gasteiger partial charge in [-0.15, -0.1) is 0 Å². The van der Waals surface area contributed by atoms with Crippen molar-refractivity contribution < 1.29 is 8.42 Å². The molecule has 0 radical (unpaired) electrons. The van der Waals surface area contributed by atoms with Crippen LogP contribution in [0.4, 0.5) is 0 Å². The van der Waals surface area contributed by atoms with Gasteiger partial charge >= 0.3 is 0 Å². The van der Waals surface area contributed by atoms with Gasteiger partial charge in [-0.2, -0.15) is 5.10 Å². The lowest BCUT2D eigenvalue weighted by molar-refractivity contribution is 0.549. The Kier molecular flexibility index (Phi) is 4.53. The predicted octanol–water partition coefficient (Wildman–Crippen LogP) is 0.840. The lowest BCUT2D eigenvalue weighted by Crippen LogP contribution is -2.21. The summed E-state index contributed by atoms with van der Waals surface area (Å²) in [6.07, 6.45) is 1.54. The molecular formula is C13H18N4O2S. The lowest BCUT2D eigenvalue weighted by Gasteiger charge is -2.07. The van der Waals surface area contributed by atoms with E-state index >= 15 is 0 Å². The molecular weight excluding hydrogens is 276 g/mol. The molecule has 3 N–H and O–H groups in total. The van der Waals surface area contributed by atoms with E-state index in [1.54, 1.807) is 6.20 Å². The molecule has 1 aromatic carbocycles. The third kappa shape index (κ3) is 3.44. The molecule has 0 saturated heterocycles. The predicted molar refractivity (Wildman–Crippen MR) is 76.3 cm³/mol. The average molecular weight is 294 g/mol. The summed E-state index contributed by atoms with van der Waals surface area (Å²) >= 11 is 0. The zero-order valence-electron chi connectivity index (χ0n) is 11.3. The van der Waals surface area contributed by atoms with Crippen molar-refractivity contribution >= 4 is 10.0 Å². The second-order valence-corrected chi connectivity index (χ2v) is 5.90. The Hall–Kier alpha value is -1.70. The minimum absolute atomic E-state index is 0.0839. The number of aryl methyl sites for hydroxylation is 1. The van der Waals surface area contributed by atoms with E-state index in [2.05, 4.69) is 10.4 Å². The maximum absolute atomic E-state index is 11.6. The molecule has 2 aromatic rings. The summed E-state index contributed by atoms with van der Waals surface area (Å²) in [5, 5.41) is 12.6. The van der Waals surface area contributed by atoms with Crippen molar-refractivity contribution in [3.63, 3.8) is 0 Å². The van der Waals surface area contributed by atoms with E-state index in [-0.39, 0.29) is 5.03 Å². The lowest BCUT2D eigenvalue weighted by atomic mass is 10.2. The van der Waals surface area contributed by atoms with Crippen LogP contribution in [0.25, 0.3) is 0 Å². The Morgan fingerprint density at radius 2 is 1.95 bits per heavy atom. The highest BCUT2D eigenvalue weighted by molar-refractivity contribution is 7.89. The number of benzene rings is 1. The summed E-state index contributed by atoms with van der Waals surface area (Å²) in [6.45, 7) is 3.34. The first-order chi connectivity index (χ1) is 9.52. The van der Waals surface area contributed by atoms with Gasteiger partial charge in [0.1, 0.15) is 0 Å². The molecule has 0 atom stereocenters. The smallest absolute Gasteiger partial charge is 0.255 e. The number of nitrogens with zero attached hydrogens (tertiary/aromatic N) is 2. The second kappa shape index (κ2) is 6.17. The number of hydrogen-bond donors (Lipinski definition) is 2. The van der Waals surface area contributed by atoms with Gasteiger partial charge in [-0.25, -0.2) is 13.6 Å². The molecule has 0 aliphatic heterocycles. The van der Waals surface area contributed by atoms with Crippen LogP contribution in [0, 0.1) is 0 Å². The number of sulfonamides is 1. The SMILES string of the molecule is CCn1ncc(CNCc2ccccc2)c1S(N)(=O)=O. The summed E-state index contributed by atoms with van der Waals surface area (Å²) < 4.78 is 24.6. The van der Waals surface area contributed by atoms with Crippen LogP contribution < -0.4 is 10.5 Å². The van der Waals surface area contributed by atoms with E-state index in [4.69, 9.17) is 5.14 Å². The van der Waals surface area contributed by atoms with E-state index in [1.165, 1.54) is 4.68 Å². The Morgan fingerprint density at radius 3 is 2.55 bits per heavy atom. The zero-order valence-corrected chi connectivity index (χ0v) is 12.1. The Bertz CT molecular complexity index is 665.